The average Bonchev–Trinajstić information content (AvgIpc) is 2.92. The van der Waals surface area contributed by atoms with Crippen molar-refractivity contribution in [1.29, 1.82) is 0 Å². The van der Waals surface area contributed by atoms with Crippen molar-refractivity contribution >= 4 is 35.3 Å². The first kappa shape index (κ1) is 25.1. The highest BCUT2D eigenvalue weighted by Gasteiger charge is 2.13. The highest BCUT2D eigenvalue weighted by molar-refractivity contribution is 6.04. The van der Waals surface area contributed by atoms with Crippen LogP contribution in [0, 0.1) is 5.82 Å². The number of anilines is 2. The van der Waals surface area contributed by atoms with E-state index in [1.165, 1.54) is 37.4 Å². The van der Waals surface area contributed by atoms with Gasteiger partial charge in [0.05, 0.1) is 12.8 Å². The first-order valence-electron chi connectivity index (χ1n) is 11.4. The van der Waals surface area contributed by atoms with E-state index in [2.05, 4.69) is 15.6 Å². The van der Waals surface area contributed by atoms with E-state index in [0.29, 0.717) is 28.4 Å². The molecular formula is C29H24FN3O4. The van der Waals surface area contributed by atoms with Gasteiger partial charge >= 0.3 is 0 Å². The van der Waals surface area contributed by atoms with Crippen molar-refractivity contribution in [3.8, 4) is 11.5 Å². The van der Waals surface area contributed by atoms with Gasteiger partial charge in [0.25, 0.3) is 11.8 Å². The molecule has 1 heterocycles. The predicted molar refractivity (Wildman–Crippen MR) is 141 cm³/mol. The van der Waals surface area contributed by atoms with Crippen LogP contribution in [0.1, 0.15) is 21.6 Å². The summed E-state index contributed by atoms with van der Waals surface area (Å²) < 4.78 is 23.9. The highest BCUT2D eigenvalue weighted by atomic mass is 19.1. The lowest BCUT2D eigenvalue weighted by Crippen LogP contribution is -2.20. The average molecular weight is 498 g/mol. The van der Waals surface area contributed by atoms with Gasteiger partial charge in [-0.2, -0.15) is 0 Å². The van der Waals surface area contributed by atoms with Crippen molar-refractivity contribution in [3.63, 3.8) is 0 Å². The fraction of sp³-hybridized carbons (Fsp3) is 0.0690. The van der Waals surface area contributed by atoms with E-state index in [-0.39, 0.29) is 12.5 Å². The monoisotopic (exact) mass is 497 g/mol. The van der Waals surface area contributed by atoms with Gasteiger partial charge in [-0.15, -0.1) is 0 Å². The number of carbonyl (C=O) groups excluding carboxylic acids is 2. The number of hydrogen-bond donors (Lipinski definition) is 2. The minimum absolute atomic E-state index is 0.294. The van der Waals surface area contributed by atoms with Crippen LogP contribution in [0.2, 0.25) is 0 Å². The predicted octanol–water partition coefficient (Wildman–Crippen LogP) is 5.67. The molecule has 0 saturated carbocycles. The van der Waals surface area contributed by atoms with Crippen LogP contribution < -0.4 is 20.1 Å². The van der Waals surface area contributed by atoms with E-state index in [9.17, 15) is 14.0 Å². The molecule has 0 spiro atoms. The summed E-state index contributed by atoms with van der Waals surface area (Å²) in [7, 11) is 1.44. The highest BCUT2D eigenvalue weighted by Crippen LogP contribution is 2.28. The molecule has 2 amide bonds. The van der Waals surface area contributed by atoms with E-state index < -0.39 is 11.7 Å². The number of nitrogens with one attached hydrogen (secondary N) is 2. The number of pyridine rings is 1. The Morgan fingerprint density at radius 3 is 2.46 bits per heavy atom. The molecule has 0 unspecified atom stereocenters. The van der Waals surface area contributed by atoms with Gasteiger partial charge in [0.1, 0.15) is 5.82 Å². The number of hydrogen-bond acceptors (Lipinski definition) is 5. The summed E-state index contributed by atoms with van der Waals surface area (Å²) in [5, 5.41) is 5.49. The molecule has 0 aliphatic rings. The van der Waals surface area contributed by atoms with Gasteiger partial charge < -0.3 is 20.1 Å². The summed E-state index contributed by atoms with van der Waals surface area (Å²) in [6.07, 6.45) is 5.54. The van der Waals surface area contributed by atoms with Crippen molar-refractivity contribution in [3.05, 3.63) is 114 Å². The van der Waals surface area contributed by atoms with Crippen LogP contribution in [0.3, 0.4) is 0 Å². The molecule has 4 aromatic rings. The molecule has 2 N–H and O–H groups in total. The number of amides is 2. The number of nitrogens with zero attached hydrogens (tertiary/aromatic N) is 1. The Hall–Kier alpha value is -4.98. The minimum atomic E-state index is -0.424. The molecule has 8 heteroatoms. The van der Waals surface area contributed by atoms with Crippen molar-refractivity contribution in [2.75, 3.05) is 24.4 Å². The molecule has 4 rings (SSSR count). The van der Waals surface area contributed by atoms with Crippen molar-refractivity contribution in [2.45, 2.75) is 0 Å². The number of methoxy groups -OCH3 is 1. The first-order chi connectivity index (χ1) is 18.0. The third-order valence-electron chi connectivity index (χ3n) is 5.19. The molecule has 0 fully saturated rings. The Morgan fingerprint density at radius 1 is 0.865 bits per heavy atom. The molecule has 3 aromatic carbocycles. The lowest BCUT2D eigenvalue weighted by Gasteiger charge is -2.13. The molecule has 0 saturated heterocycles. The molecule has 0 radical (unpaired) electrons. The summed E-state index contributed by atoms with van der Waals surface area (Å²) in [4.78, 5) is 29.3. The maximum atomic E-state index is 13.0. The van der Waals surface area contributed by atoms with E-state index in [1.807, 2.05) is 48.6 Å². The number of carbonyl (C=O) groups is 2. The Labute approximate surface area is 213 Å². The summed E-state index contributed by atoms with van der Waals surface area (Å²) >= 11 is 0. The van der Waals surface area contributed by atoms with E-state index in [0.717, 1.165) is 11.3 Å². The lowest BCUT2D eigenvalue weighted by molar-refractivity contribution is -0.118. The van der Waals surface area contributed by atoms with Crippen molar-refractivity contribution < 1.29 is 23.5 Å². The Bertz CT molecular complexity index is 1410. The Balaban J connectivity index is 1.37. The van der Waals surface area contributed by atoms with E-state index >= 15 is 0 Å². The quantitative estimate of drug-likeness (QED) is 0.311. The molecule has 0 bridgehead atoms. The zero-order valence-electron chi connectivity index (χ0n) is 20.0. The molecular weight excluding hydrogens is 473 g/mol. The zero-order valence-corrected chi connectivity index (χ0v) is 20.0. The maximum absolute atomic E-state index is 13.0. The van der Waals surface area contributed by atoms with Gasteiger partial charge in [-0.25, -0.2) is 4.39 Å². The number of aromatic nitrogens is 1. The van der Waals surface area contributed by atoms with Gasteiger partial charge in [0, 0.05) is 23.1 Å². The zero-order chi connectivity index (χ0) is 26.0. The van der Waals surface area contributed by atoms with E-state index in [4.69, 9.17) is 9.47 Å². The van der Waals surface area contributed by atoms with Crippen LogP contribution in [-0.4, -0.2) is 30.5 Å². The van der Waals surface area contributed by atoms with Gasteiger partial charge in [-0.05, 0) is 78.4 Å². The molecule has 37 heavy (non-hydrogen) atoms. The van der Waals surface area contributed by atoms with Gasteiger partial charge in [0.2, 0.25) is 0 Å². The molecule has 0 aliphatic carbocycles. The smallest absolute Gasteiger partial charge is 0.262 e. The fourth-order valence-corrected chi connectivity index (χ4v) is 3.38. The summed E-state index contributed by atoms with van der Waals surface area (Å²) in [6, 6.07) is 23.2. The van der Waals surface area contributed by atoms with Crippen LogP contribution in [0.15, 0.2) is 91.1 Å². The standard InChI is InChI=1S/C29H24FN3O4/c1-36-27-18-21(9-15-26(27)37-19-28(34)32-24-13-10-22(30)11-14-24)29(35)33-25-7-4-5-20(17-25)8-12-23-6-2-3-16-31-23/h2-18H,19H2,1H3,(H,32,34)(H,33,35)/b12-8+. The van der Waals surface area contributed by atoms with Crippen molar-refractivity contribution in [2.24, 2.45) is 0 Å². The normalized spacial score (nSPS) is 10.6. The summed E-state index contributed by atoms with van der Waals surface area (Å²) in [5.41, 5.74) is 3.17. The molecule has 0 atom stereocenters. The third-order valence-corrected chi connectivity index (χ3v) is 5.19. The number of rotatable bonds is 9. The number of ether oxygens (including phenoxy) is 2. The minimum Gasteiger partial charge on any atom is -0.493 e. The van der Waals surface area contributed by atoms with Crippen LogP contribution in [0.5, 0.6) is 11.5 Å². The third kappa shape index (κ3) is 7.25. The maximum Gasteiger partial charge on any atom is 0.262 e. The van der Waals surface area contributed by atoms with Gasteiger partial charge in [-0.3, -0.25) is 14.6 Å². The second-order valence-corrected chi connectivity index (χ2v) is 7.88. The summed E-state index contributed by atoms with van der Waals surface area (Å²) in [5.74, 6) is -0.547. The van der Waals surface area contributed by atoms with Crippen LogP contribution in [0.25, 0.3) is 12.2 Å². The van der Waals surface area contributed by atoms with Gasteiger partial charge in [0.15, 0.2) is 18.1 Å². The number of halogens is 1. The number of benzene rings is 3. The molecule has 186 valence electrons. The first-order valence-corrected chi connectivity index (χ1v) is 11.4. The van der Waals surface area contributed by atoms with Crippen LogP contribution >= 0.6 is 0 Å². The lowest BCUT2D eigenvalue weighted by atomic mass is 10.1. The molecule has 1 aromatic heterocycles. The van der Waals surface area contributed by atoms with Crippen molar-refractivity contribution in [1.82, 2.24) is 4.98 Å². The van der Waals surface area contributed by atoms with Crippen LogP contribution in [-0.2, 0) is 4.79 Å². The van der Waals surface area contributed by atoms with Gasteiger partial charge in [-0.1, -0.05) is 24.3 Å². The SMILES string of the molecule is COc1cc(C(=O)Nc2cccc(/C=C/c3ccccn3)c2)ccc1OCC(=O)Nc1ccc(F)cc1. The van der Waals surface area contributed by atoms with E-state index in [1.54, 1.807) is 24.4 Å². The molecule has 0 aliphatic heterocycles. The summed E-state index contributed by atoms with van der Waals surface area (Å²) in [6.45, 7) is -0.294. The largest absolute Gasteiger partial charge is 0.493 e. The Morgan fingerprint density at radius 2 is 1.70 bits per heavy atom. The second-order valence-electron chi connectivity index (χ2n) is 7.88. The fourth-order valence-electron chi connectivity index (χ4n) is 3.38. The topological polar surface area (TPSA) is 89.6 Å². The Kier molecular flexibility index (Phi) is 8.23. The second kappa shape index (κ2) is 12.1. The van der Waals surface area contributed by atoms with Crippen LogP contribution in [0.4, 0.5) is 15.8 Å². The molecule has 7 nitrogen and oxygen atoms in total.